The molecule has 0 aromatic heterocycles. The Morgan fingerprint density at radius 3 is 2.22 bits per heavy atom. The molecule has 0 radical (unpaired) electrons. The molecule has 0 aliphatic rings. The number of aryl methyl sites for hydroxylation is 2. The van der Waals surface area contributed by atoms with Crippen LogP contribution in [0, 0.1) is 13.8 Å². The summed E-state index contributed by atoms with van der Waals surface area (Å²) >= 11 is 0. The molecule has 0 bridgehead atoms. The Morgan fingerprint density at radius 2 is 1.72 bits per heavy atom. The van der Waals surface area contributed by atoms with Crippen molar-refractivity contribution in [2.24, 2.45) is 5.73 Å². The second-order valence-electron chi connectivity index (χ2n) is 5.14. The zero-order valence-electron chi connectivity index (χ0n) is 12.3. The third-order valence-electron chi connectivity index (χ3n) is 3.48. The van der Waals surface area contributed by atoms with Gasteiger partial charge in [0.2, 0.25) is 0 Å². The summed E-state index contributed by atoms with van der Waals surface area (Å²) in [5.74, 6) is 0.983. The summed E-state index contributed by atoms with van der Waals surface area (Å²) in [6.07, 6.45) is 6.17. The number of ether oxygens (including phenoxy) is 1. The van der Waals surface area contributed by atoms with Gasteiger partial charge < -0.3 is 10.5 Å². The van der Waals surface area contributed by atoms with Gasteiger partial charge in [0.15, 0.2) is 0 Å². The van der Waals surface area contributed by atoms with Crippen LogP contribution in [-0.4, -0.2) is 7.11 Å². The first kappa shape index (κ1) is 15.0. The van der Waals surface area contributed by atoms with E-state index in [4.69, 9.17) is 10.5 Å². The van der Waals surface area contributed by atoms with Gasteiger partial charge >= 0.3 is 0 Å². The quantitative estimate of drug-likeness (QED) is 0.732. The number of methoxy groups -OCH3 is 1. The molecule has 0 saturated heterocycles. The molecule has 102 valence electrons. The molecule has 2 heteroatoms. The third-order valence-corrected chi connectivity index (χ3v) is 3.48. The van der Waals surface area contributed by atoms with Crippen molar-refractivity contribution in [1.82, 2.24) is 0 Å². The largest absolute Gasteiger partial charge is 0.496 e. The van der Waals surface area contributed by atoms with E-state index < -0.39 is 0 Å². The van der Waals surface area contributed by atoms with Gasteiger partial charge in [-0.05, 0) is 37.0 Å². The van der Waals surface area contributed by atoms with Crippen molar-refractivity contribution in [2.45, 2.75) is 58.9 Å². The summed E-state index contributed by atoms with van der Waals surface area (Å²) in [5.41, 5.74) is 9.86. The average Bonchev–Trinajstić information content (AvgIpc) is 2.34. The Morgan fingerprint density at radius 1 is 1.11 bits per heavy atom. The standard InChI is InChI=1S/C16H27NO/c1-5-6-7-8-9-15(17)14-10-12(2)16(18-4)13(3)11-14/h10-11,15H,5-9,17H2,1-4H3. The Bertz CT molecular complexity index is 350. The molecule has 0 fully saturated rings. The van der Waals surface area contributed by atoms with Gasteiger partial charge in [-0.3, -0.25) is 0 Å². The van der Waals surface area contributed by atoms with E-state index in [1.165, 1.54) is 42.4 Å². The fourth-order valence-electron chi connectivity index (χ4n) is 2.48. The van der Waals surface area contributed by atoms with Crippen LogP contribution in [0.25, 0.3) is 0 Å². The number of unbranched alkanes of at least 4 members (excludes halogenated alkanes) is 3. The molecular formula is C16H27NO. The molecule has 2 N–H and O–H groups in total. The predicted octanol–water partition coefficient (Wildman–Crippen LogP) is 4.28. The highest BCUT2D eigenvalue weighted by Crippen LogP contribution is 2.28. The van der Waals surface area contributed by atoms with Crippen molar-refractivity contribution in [3.05, 3.63) is 28.8 Å². The normalized spacial score (nSPS) is 12.5. The van der Waals surface area contributed by atoms with Crippen LogP contribution in [0.5, 0.6) is 5.75 Å². The SMILES string of the molecule is CCCCCCC(N)c1cc(C)c(OC)c(C)c1. The smallest absolute Gasteiger partial charge is 0.124 e. The Kier molecular flexibility index (Phi) is 6.20. The molecule has 1 unspecified atom stereocenters. The minimum Gasteiger partial charge on any atom is -0.496 e. The Labute approximate surface area is 112 Å². The lowest BCUT2D eigenvalue weighted by Crippen LogP contribution is -2.11. The van der Waals surface area contributed by atoms with E-state index in [-0.39, 0.29) is 6.04 Å². The molecule has 0 saturated carbocycles. The van der Waals surface area contributed by atoms with Crippen LogP contribution >= 0.6 is 0 Å². The van der Waals surface area contributed by atoms with Gasteiger partial charge in [-0.1, -0.05) is 44.7 Å². The molecule has 1 aromatic carbocycles. The van der Waals surface area contributed by atoms with Crippen molar-refractivity contribution >= 4 is 0 Å². The van der Waals surface area contributed by atoms with Crippen LogP contribution in [0.4, 0.5) is 0 Å². The first-order chi connectivity index (χ1) is 8.60. The summed E-state index contributed by atoms with van der Waals surface area (Å²) in [6.45, 7) is 6.40. The van der Waals surface area contributed by atoms with Crippen LogP contribution in [0.2, 0.25) is 0 Å². The summed E-state index contributed by atoms with van der Waals surface area (Å²) in [5, 5.41) is 0. The molecule has 0 heterocycles. The van der Waals surface area contributed by atoms with Gasteiger partial charge in [0, 0.05) is 6.04 Å². The lowest BCUT2D eigenvalue weighted by molar-refractivity contribution is 0.408. The fraction of sp³-hybridized carbons (Fsp3) is 0.625. The molecule has 0 amide bonds. The van der Waals surface area contributed by atoms with Crippen molar-refractivity contribution in [3.63, 3.8) is 0 Å². The third kappa shape index (κ3) is 4.02. The van der Waals surface area contributed by atoms with Gasteiger partial charge in [0.25, 0.3) is 0 Å². The minimum absolute atomic E-state index is 0.158. The maximum Gasteiger partial charge on any atom is 0.124 e. The summed E-state index contributed by atoms with van der Waals surface area (Å²) in [6, 6.07) is 4.48. The minimum atomic E-state index is 0.158. The molecular weight excluding hydrogens is 222 g/mol. The molecule has 1 rings (SSSR count). The lowest BCUT2D eigenvalue weighted by Gasteiger charge is -2.16. The second kappa shape index (κ2) is 7.42. The van der Waals surface area contributed by atoms with Gasteiger partial charge in [-0.25, -0.2) is 0 Å². The molecule has 1 atom stereocenters. The Balaban J connectivity index is 2.66. The van der Waals surface area contributed by atoms with Crippen LogP contribution in [0.15, 0.2) is 12.1 Å². The van der Waals surface area contributed by atoms with Crippen molar-refractivity contribution in [3.8, 4) is 5.75 Å². The summed E-state index contributed by atoms with van der Waals surface area (Å²) in [4.78, 5) is 0. The van der Waals surface area contributed by atoms with E-state index in [9.17, 15) is 0 Å². The van der Waals surface area contributed by atoms with Crippen LogP contribution < -0.4 is 10.5 Å². The summed E-state index contributed by atoms with van der Waals surface area (Å²) < 4.78 is 5.38. The van der Waals surface area contributed by atoms with Gasteiger partial charge in [-0.2, -0.15) is 0 Å². The van der Waals surface area contributed by atoms with E-state index in [0.717, 1.165) is 12.2 Å². The fourth-order valence-corrected chi connectivity index (χ4v) is 2.48. The zero-order valence-corrected chi connectivity index (χ0v) is 12.3. The zero-order chi connectivity index (χ0) is 13.5. The van der Waals surface area contributed by atoms with Crippen LogP contribution in [0.1, 0.15) is 61.8 Å². The van der Waals surface area contributed by atoms with E-state index in [2.05, 4.69) is 32.9 Å². The lowest BCUT2D eigenvalue weighted by atomic mass is 9.97. The van der Waals surface area contributed by atoms with Gasteiger partial charge in [0.1, 0.15) is 5.75 Å². The molecule has 1 aromatic rings. The van der Waals surface area contributed by atoms with E-state index in [0.29, 0.717) is 0 Å². The van der Waals surface area contributed by atoms with Crippen LogP contribution in [0.3, 0.4) is 0 Å². The first-order valence-corrected chi connectivity index (χ1v) is 7.00. The van der Waals surface area contributed by atoms with Gasteiger partial charge in [-0.15, -0.1) is 0 Å². The number of hydrogen-bond donors (Lipinski definition) is 1. The van der Waals surface area contributed by atoms with E-state index in [1.54, 1.807) is 7.11 Å². The highest BCUT2D eigenvalue weighted by Gasteiger charge is 2.10. The molecule has 18 heavy (non-hydrogen) atoms. The first-order valence-electron chi connectivity index (χ1n) is 7.00. The second-order valence-corrected chi connectivity index (χ2v) is 5.14. The maximum atomic E-state index is 6.27. The predicted molar refractivity (Wildman–Crippen MR) is 78.2 cm³/mol. The highest BCUT2D eigenvalue weighted by molar-refractivity contribution is 5.44. The topological polar surface area (TPSA) is 35.2 Å². The van der Waals surface area contributed by atoms with Crippen LogP contribution in [-0.2, 0) is 0 Å². The van der Waals surface area contributed by atoms with Gasteiger partial charge in [0.05, 0.1) is 7.11 Å². The van der Waals surface area contributed by atoms with E-state index in [1.807, 2.05) is 0 Å². The average molecular weight is 249 g/mol. The number of nitrogens with two attached hydrogens (primary N) is 1. The molecule has 0 aliphatic heterocycles. The van der Waals surface area contributed by atoms with Crippen molar-refractivity contribution < 1.29 is 4.74 Å². The number of hydrogen-bond acceptors (Lipinski definition) is 2. The number of benzene rings is 1. The Hall–Kier alpha value is -1.02. The molecule has 2 nitrogen and oxygen atoms in total. The maximum absolute atomic E-state index is 6.27. The number of rotatable bonds is 7. The van der Waals surface area contributed by atoms with Crippen molar-refractivity contribution in [1.29, 1.82) is 0 Å². The van der Waals surface area contributed by atoms with Crippen molar-refractivity contribution in [2.75, 3.05) is 7.11 Å². The van der Waals surface area contributed by atoms with E-state index >= 15 is 0 Å². The summed E-state index contributed by atoms with van der Waals surface area (Å²) in [7, 11) is 1.72. The highest BCUT2D eigenvalue weighted by atomic mass is 16.5. The monoisotopic (exact) mass is 249 g/mol. The molecule has 0 spiro atoms. The molecule has 0 aliphatic carbocycles.